The predicted octanol–water partition coefficient (Wildman–Crippen LogP) is 3.28. The van der Waals surface area contributed by atoms with Crippen LogP contribution in [-0.4, -0.2) is 25.2 Å². The lowest BCUT2D eigenvalue weighted by Crippen LogP contribution is -2.61. The summed E-state index contributed by atoms with van der Waals surface area (Å²) in [5, 5.41) is 3.07. The largest absolute Gasteiger partial charge is 0.381 e. The molecule has 1 fully saturated rings. The minimum Gasteiger partial charge on any atom is -0.381 e. The SMILES string of the molecule is COC1CC(NC(=O)c2cc(S)ccc2Br)C1(C)C. The molecule has 0 heterocycles. The normalized spacial score (nSPS) is 24.7. The summed E-state index contributed by atoms with van der Waals surface area (Å²) < 4.78 is 6.17. The third kappa shape index (κ3) is 2.83. The Morgan fingerprint density at radius 3 is 2.79 bits per heavy atom. The Morgan fingerprint density at radius 2 is 2.21 bits per heavy atom. The van der Waals surface area contributed by atoms with Gasteiger partial charge < -0.3 is 10.1 Å². The van der Waals surface area contributed by atoms with Crippen molar-refractivity contribution < 1.29 is 9.53 Å². The number of carbonyl (C=O) groups excluding carboxylic acids is 1. The topological polar surface area (TPSA) is 38.3 Å². The Morgan fingerprint density at radius 1 is 1.53 bits per heavy atom. The van der Waals surface area contributed by atoms with Crippen LogP contribution in [0.25, 0.3) is 0 Å². The van der Waals surface area contributed by atoms with E-state index in [1.807, 2.05) is 12.1 Å². The third-order valence-corrected chi connectivity index (χ3v) is 4.93. The molecule has 5 heteroatoms. The van der Waals surface area contributed by atoms with Crippen LogP contribution in [0.15, 0.2) is 27.6 Å². The second-order valence-corrected chi connectivity index (χ2v) is 6.84. The van der Waals surface area contributed by atoms with Crippen LogP contribution in [0, 0.1) is 5.41 Å². The van der Waals surface area contributed by atoms with Crippen molar-refractivity contribution in [1.82, 2.24) is 5.32 Å². The van der Waals surface area contributed by atoms with Crippen molar-refractivity contribution in [3.63, 3.8) is 0 Å². The molecule has 0 bridgehead atoms. The summed E-state index contributed by atoms with van der Waals surface area (Å²) in [6.07, 6.45) is 1.06. The minimum absolute atomic E-state index is 0.0323. The number of benzene rings is 1. The molecule has 104 valence electrons. The van der Waals surface area contributed by atoms with Crippen molar-refractivity contribution >= 4 is 34.5 Å². The van der Waals surface area contributed by atoms with Gasteiger partial charge in [0.1, 0.15) is 0 Å². The van der Waals surface area contributed by atoms with Gasteiger partial charge in [0.15, 0.2) is 0 Å². The van der Waals surface area contributed by atoms with Crippen LogP contribution in [-0.2, 0) is 4.74 Å². The fourth-order valence-corrected chi connectivity index (χ4v) is 3.08. The lowest BCUT2D eigenvalue weighted by molar-refractivity contribution is -0.0942. The van der Waals surface area contributed by atoms with E-state index in [9.17, 15) is 4.79 Å². The van der Waals surface area contributed by atoms with E-state index in [-0.39, 0.29) is 23.5 Å². The van der Waals surface area contributed by atoms with E-state index in [0.29, 0.717) is 5.56 Å². The molecule has 0 saturated heterocycles. The zero-order chi connectivity index (χ0) is 14.2. The van der Waals surface area contributed by atoms with E-state index in [2.05, 4.69) is 47.7 Å². The van der Waals surface area contributed by atoms with E-state index in [1.165, 1.54) is 0 Å². The van der Waals surface area contributed by atoms with Gasteiger partial charge in [-0.2, -0.15) is 0 Å². The molecule has 1 aliphatic rings. The molecule has 1 N–H and O–H groups in total. The van der Waals surface area contributed by atoms with Gasteiger partial charge >= 0.3 is 0 Å². The second kappa shape index (κ2) is 5.46. The minimum atomic E-state index is -0.0737. The predicted molar refractivity (Wildman–Crippen MR) is 81.8 cm³/mol. The number of hydrogen-bond acceptors (Lipinski definition) is 3. The molecule has 1 aromatic rings. The van der Waals surface area contributed by atoms with Gasteiger partial charge in [-0.1, -0.05) is 13.8 Å². The summed E-state index contributed by atoms with van der Waals surface area (Å²) in [7, 11) is 1.71. The summed E-state index contributed by atoms with van der Waals surface area (Å²) in [4.78, 5) is 13.1. The fourth-order valence-electron chi connectivity index (χ4n) is 2.45. The Balaban J connectivity index is 2.09. The molecule has 1 aliphatic carbocycles. The Labute approximate surface area is 127 Å². The number of hydrogen-bond donors (Lipinski definition) is 2. The maximum absolute atomic E-state index is 12.3. The van der Waals surface area contributed by atoms with E-state index in [1.54, 1.807) is 13.2 Å². The summed E-state index contributed by atoms with van der Waals surface area (Å²) in [5.74, 6) is -0.0737. The van der Waals surface area contributed by atoms with Gasteiger partial charge in [-0.15, -0.1) is 12.6 Å². The molecule has 3 nitrogen and oxygen atoms in total. The highest BCUT2D eigenvalue weighted by Gasteiger charge is 2.49. The van der Waals surface area contributed by atoms with E-state index in [0.717, 1.165) is 15.8 Å². The summed E-state index contributed by atoms with van der Waals surface area (Å²) in [5.41, 5.74) is 0.583. The highest BCUT2D eigenvalue weighted by atomic mass is 79.9. The number of methoxy groups -OCH3 is 1. The molecule has 2 rings (SSSR count). The quantitative estimate of drug-likeness (QED) is 0.826. The van der Waals surface area contributed by atoms with Crippen LogP contribution in [0.5, 0.6) is 0 Å². The van der Waals surface area contributed by atoms with Crippen LogP contribution in [0.2, 0.25) is 0 Å². The van der Waals surface area contributed by atoms with Gasteiger partial charge in [0, 0.05) is 27.9 Å². The molecule has 1 saturated carbocycles. The van der Waals surface area contributed by atoms with Gasteiger partial charge in [0.2, 0.25) is 0 Å². The molecule has 0 radical (unpaired) electrons. The van der Waals surface area contributed by atoms with Crippen LogP contribution >= 0.6 is 28.6 Å². The highest BCUT2D eigenvalue weighted by Crippen LogP contribution is 2.42. The van der Waals surface area contributed by atoms with Gasteiger partial charge in [-0.3, -0.25) is 4.79 Å². The van der Waals surface area contributed by atoms with Crippen LogP contribution in [0.4, 0.5) is 0 Å². The molecule has 0 aliphatic heterocycles. The van der Waals surface area contributed by atoms with Gasteiger partial charge in [-0.05, 0) is 40.5 Å². The standard InChI is InChI=1S/C14H18BrNO2S/c1-14(2)11(7-12(14)18-3)16-13(17)9-6-8(19)4-5-10(9)15/h4-6,11-12,19H,7H2,1-3H3,(H,16,17). The van der Waals surface area contributed by atoms with Crippen LogP contribution < -0.4 is 5.32 Å². The molecule has 1 amide bonds. The molecule has 19 heavy (non-hydrogen) atoms. The van der Waals surface area contributed by atoms with Crippen molar-refractivity contribution in [1.29, 1.82) is 0 Å². The van der Waals surface area contributed by atoms with Gasteiger partial charge in [0.05, 0.1) is 11.7 Å². The number of thiol groups is 1. The highest BCUT2D eigenvalue weighted by molar-refractivity contribution is 9.10. The van der Waals surface area contributed by atoms with Crippen LogP contribution in [0.3, 0.4) is 0 Å². The van der Waals surface area contributed by atoms with Crippen LogP contribution in [0.1, 0.15) is 30.6 Å². The lowest BCUT2D eigenvalue weighted by atomic mass is 9.64. The molecule has 0 spiro atoms. The summed E-state index contributed by atoms with van der Waals surface area (Å²) >= 11 is 7.66. The average Bonchev–Trinajstić information content (AvgIpc) is 2.36. The maximum Gasteiger partial charge on any atom is 0.252 e. The van der Waals surface area contributed by atoms with E-state index >= 15 is 0 Å². The first-order chi connectivity index (χ1) is 8.86. The first-order valence-corrected chi connectivity index (χ1v) is 7.42. The van der Waals surface area contributed by atoms with Crippen molar-refractivity contribution in [3.05, 3.63) is 28.2 Å². The molecular formula is C14H18BrNO2S. The first-order valence-electron chi connectivity index (χ1n) is 6.18. The molecule has 0 aromatic heterocycles. The third-order valence-electron chi connectivity index (χ3n) is 3.96. The lowest BCUT2D eigenvalue weighted by Gasteiger charge is -2.51. The monoisotopic (exact) mass is 343 g/mol. The zero-order valence-corrected chi connectivity index (χ0v) is 13.7. The molecular weight excluding hydrogens is 326 g/mol. The van der Waals surface area contributed by atoms with E-state index < -0.39 is 0 Å². The zero-order valence-electron chi connectivity index (χ0n) is 11.2. The van der Waals surface area contributed by atoms with Crippen molar-refractivity contribution in [2.75, 3.05) is 7.11 Å². The molecule has 2 atom stereocenters. The molecule has 1 aromatic carbocycles. The second-order valence-electron chi connectivity index (χ2n) is 5.47. The van der Waals surface area contributed by atoms with E-state index in [4.69, 9.17) is 4.74 Å². The number of amides is 1. The Bertz CT molecular complexity index is 504. The number of rotatable bonds is 3. The van der Waals surface area contributed by atoms with Gasteiger partial charge in [0.25, 0.3) is 5.91 Å². The first kappa shape index (κ1) is 14.9. The molecule has 2 unspecified atom stereocenters. The fraction of sp³-hybridized carbons (Fsp3) is 0.500. The van der Waals surface area contributed by atoms with Gasteiger partial charge in [-0.25, -0.2) is 0 Å². The summed E-state index contributed by atoms with van der Waals surface area (Å²) in [6.45, 7) is 4.22. The average molecular weight is 344 g/mol. The summed E-state index contributed by atoms with van der Waals surface area (Å²) in [6, 6.07) is 5.59. The number of halogens is 1. The van der Waals surface area contributed by atoms with Crippen molar-refractivity contribution in [3.8, 4) is 0 Å². The number of nitrogens with one attached hydrogen (secondary N) is 1. The Kier molecular flexibility index (Phi) is 4.28. The smallest absolute Gasteiger partial charge is 0.252 e. The Hall–Kier alpha value is -0.520. The van der Waals surface area contributed by atoms with Crippen molar-refractivity contribution in [2.45, 2.75) is 37.3 Å². The number of ether oxygens (including phenoxy) is 1. The maximum atomic E-state index is 12.3. The number of carbonyl (C=O) groups is 1. The van der Waals surface area contributed by atoms with Crippen molar-refractivity contribution in [2.24, 2.45) is 5.41 Å².